The molecule has 1 aliphatic rings. The Labute approximate surface area is 156 Å². The number of amides is 1. The number of rotatable bonds is 3. The van der Waals surface area contributed by atoms with E-state index in [0.717, 1.165) is 18.4 Å². The van der Waals surface area contributed by atoms with Crippen LogP contribution in [-0.4, -0.2) is 34.0 Å². The molecule has 0 bridgehead atoms. The van der Waals surface area contributed by atoms with Gasteiger partial charge in [0.25, 0.3) is 5.91 Å². The van der Waals surface area contributed by atoms with E-state index < -0.39 is 0 Å². The van der Waals surface area contributed by atoms with Gasteiger partial charge < -0.3 is 9.42 Å². The molecule has 27 heavy (non-hydrogen) atoms. The van der Waals surface area contributed by atoms with E-state index in [2.05, 4.69) is 10.1 Å². The third kappa shape index (κ3) is 3.74. The molecule has 2 aromatic carbocycles. The highest BCUT2D eigenvalue weighted by Crippen LogP contribution is 2.28. The van der Waals surface area contributed by atoms with Gasteiger partial charge in [0.2, 0.25) is 11.7 Å². The number of halogens is 1. The maximum atomic E-state index is 13.1. The molecule has 6 heteroatoms. The molecule has 1 aromatic heterocycles. The number of piperidine rings is 1. The molecular weight excluding hydrogens is 345 g/mol. The molecule has 0 spiro atoms. The summed E-state index contributed by atoms with van der Waals surface area (Å²) < 4.78 is 18.6. The van der Waals surface area contributed by atoms with Crippen molar-refractivity contribution in [1.82, 2.24) is 15.0 Å². The molecule has 1 atom stereocenters. The summed E-state index contributed by atoms with van der Waals surface area (Å²) in [6.07, 6.45) is 1.75. The average Bonchev–Trinajstić information content (AvgIpc) is 3.19. The second kappa shape index (κ2) is 7.31. The van der Waals surface area contributed by atoms with Crippen molar-refractivity contribution in [3.8, 4) is 11.4 Å². The van der Waals surface area contributed by atoms with E-state index in [1.807, 2.05) is 31.2 Å². The Balaban J connectivity index is 1.49. The smallest absolute Gasteiger partial charge is 0.253 e. The lowest BCUT2D eigenvalue weighted by Gasteiger charge is -2.31. The van der Waals surface area contributed by atoms with Crippen LogP contribution in [-0.2, 0) is 0 Å². The Morgan fingerprint density at radius 2 is 1.89 bits per heavy atom. The third-order valence-corrected chi connectivity index (χ3v) is 4.90. The van der Waals surface area contributed by atoms with Crippen LogP contribution in [0.25, 0.3) is 11.4 Å². The first kappa shape index (κ1) is 17.4. The highest BCUT2D eigenvalue weighted by Gasteiger charge is 2.29. The molecule has 1 unspecified atom stereocenters. The van der Waals surface area contributed by atoms with Crippen molar-refractivity contribution in [2.45, 2.75) is 25.7 Å². The molecule has 4 rings (SSSR count). The topological polar surface area (TPSA) is 59.2 Å². The van der Waals surface area contributed by atoms with Crippen LogP contribution in [0.15, 0.2) is 53.1 Å². The zero-order valence-corrected chi connectivity index (χ0v) is 15.1. The second-order valence-corrected chi connectivity index (χ2v) is 6.92. The molecule has 0 aliphatic carbocycles. The van der Waals surface area contributed by atoms with Crippen LogP contribution < -0.4 is 0 Å². The van der Waals surface area contributed by atoms with Gasteiger partial charge in [0.15, 0.2) is 0 Å². The van der Waals surface area contributed by atoms with Crippen LogP contribution in [0.5, 0.6) is 0 Å². The predicted molar refractivity (Wildman–Crippen MR) is 98.7 cm³/mol. The van der Waals surface area contributed by atoms with E-state index in [1.54, 1.807) is 4.90 Å². The normalized spacial score (nSPS) is 17.1. The van der Waals surface area contributed by atoms with E-state index in [0.29, 0.717) is 30.4 Å². The molecule has 0 saturated carbocycles. The summed E-state index contributed by atoms with van der Waals surface area (Å²) in [5.41, 5.74) is 2.57. The molecule has 2 heterocycles. The summed E-state index contributed by atoms with van der Waals surface area (Å²) in [4.78, 5) is 19.0. The van der Waals surface area contributed by atoms with Crippen molar-refractivity contribution in [2.24, 2.45) is 0 Å². The number of carbonyl (C=O) groups excluding carboxylic acids is 1. The lowest BCUT2D eigenvalue weighted by atomic mass is 9.97. The fourth-order valence-electron chi connectivity index (χ4n) is 3.36. The van der Waals surface area contributed by atoms with Gasteiger partial charge in [-0.15, -0.1) is 0 Å². The zero-order valence-electron chi connectivity index (χ0n) is 15.1. The van der Waals surface area contributed by atoms with Crippen LogP contribution in [0.1, 0.15) is 40.6 Å². The lowest BCUT2D eigenvalue weighted by molar-refractivity contribution is 0.0695. The van der Waals surface area contributed by atoms with E-state index in [4.69, 9.17) is 4.52 Å². The molecule has 1 fully saturated rings. The fourth-order valence-corrected chi connectivity index (χ4v) is 3.36. The molecule has 3 aromatic rings. The van der Waals surface area contributed by atoms with E-state index in [9.17, 15) is 9.18 Å². The van der Waals surface area contributed by atoms with Gasteiger partial charge in [-0.05, 0) is 44.0 Å². The third-order valence-electron chi connectivity index (χ3n) is 4.90. The first-order valence-corrected chi connectivity index (χ1v) is 9.05. The highest BCUT2D eigenvalue weighted by atomic mass is 19.1. The Hall–Kier alpha value is -3.02. The summed E-state index contributed by atoms with van der Waals surface area (Å²) in [6, 6.07) is 13.6. The Morgan fingerprint density at radius 3 is 2.63 bits per heavy atom. The van der Waals surface area contributed by atoms with Gasteiger partial charge in [0.05, 0.1) is 5.92 Å². The van der Waals surface area contributed by atoms with Gasteiger partial charge in [-0.1, -0.05) is 35.0 Å². The number of hydrogen-bond donors (Lipinski definition) is 0. The number of likely N-dealkylation sites (tertiary alicyclic amines) is 1. The summed E-state index contributed by atoms with van der Waals surface area (Å²) in [6.45, 7) is 3.22. The van der Waals surface area contributed by atoms with Crippen LogP contribution in [0, 0.1) is 12.7 Å². The summed E-state index contributed by atoms with van der Waals surface area (Å²) in [7, 11) is 0. The minimum Gasteiger partial charge on any atom is -0.339 e. The molecule has 5 nitrogen and oxygen atoms in total. The highest BCUT2D eigenvalue weighted by molar-refractivity contribution is 5.94. The van der Waals surface area contributed by atoms with Crippen LogP contribution in [0.4, 0.5) is 4.39 Å². The minimum atomic E-state index is -0.349. The first-order chi connectivity index (χ1) is 13.1. The van der Waals surface area contributed by atoms with Crippen LogP contribution in [0.3, 0.4) is 0 Å². The number of benzene rings is 2. The number of aryl methyl sites for hydroxylation is 1. The zero-order chi connectivity index (χ0) is 18.8. The summed E-state index contributed by atoms with van der Waals surface area (Å²) in [5, 5.41) is 4.10. The SMILES string of the molecule is Cc1ccc(-c2noc(C3CCCN(C(=O)c4ccc(F)cc4)C3)n2)cc1. The molecule has 1 saturated heterocycles. The standard InChI is InChI=1S/C21H20FN3O2/c1-14-4-6-15(7-5-14)19-23-20(27-24-19)17-3-2-12-25(13-17)21(26)16-8-10-18(22)11-9-16/h4-11,17H,2-3,12-13H2,1H3. The van der Waals surface area contributed by atoms with Gasteiger partial charge in [0, 0.05) is 24.2 Å². The lowest BCUT2D eigenvalue weighted by Crippen LogP contribution is -2.39. The monoisotopic (exact) mass is 365 g/mol. The maximum Gasteiger partial charge on any atom is 0.253 e. The molecular formula is C21H20FN3O2. The largest absolute Gasteiger partial charge is 0.339 e. The number of aromatic nitrogens is 2. The molecule has 0 N–H and O–H groups in total. The number of hydrogen-bond acceptors (Lipinski definition) is 4. The average molecular weight is 365 g/mol. The van der Waals surface area contributed by atoms with Crippen molar-refractivity contribution >= 4 is 5.91 Å². The minimum absolute atomic E-state index is 0.00912. The quantitative estimate of drug-likeness (QED) is 0.698. The van der Waals surface area contributed by atoms with Crippen molar-refractivity contribution in [2.75, 3.05) is 13.1 Å². The summed E-state index contributed by atoms with van der Waals surface area (Å²) >= 11 is 0. The first-order valence-electron chi connectivity index (χ1n) is 9.05. The van der Waals surface area contributed by atoms with Crippen molar-refractivity contribution in [3.05, 3.63) is 71.4 Å². The molecule has 0 radical (unpaired) electrons. The van der Waals surface area contributed by atoms with Gasteiger partial charge >= 0.3 is 0 Å². The van der Waals surface area contributed by atoms with Gasteiger partial charge in [-0.2, -0.15) is 4.98 Å². The van der Waals surface area contributed by atoms with Crippen LogP contribution in [0.2, 0.25) is 0 Å². The fraction of sp³-hybridized carbons (Fsp3) is 0.286. The molecule has 1 amide bonds. The van der Waals surface area contributed by atoms with Crippen LogP contribution >= 0.6 is 0 Å². The van der Waals surface area contributed by atoms with Crippen molar-refractivity contribution < 1.29 is 13.7 Å². The molecule has 138 valence electrons. The van der Waals surface area contributed by atoms with E-state index >= 15 is 0 Å². The second-order valence-electron chi connectivity index (χ2n) is 6.92. The van der Waals surface area contributed by atoms with E-state index in [-0.39, 0.29) is 17.6 Å². The predicted octanol–water partition coefficient (Wildman–Crippen LogP) is 4.20. The van der Waals surface area contributed by atoms with Crippen molar-refractivity contribution in [3.63, 3.8) is 0 Å². The maximum absolute atomic E-state index is 13.1. The molecule has 1 aliphatic heterocycles. The Morgan fingerprint density at radius 1 is 1.15 bits per heavy atom. The number of carbonyl (C=O) groups is 1. The summed E-state index contributed by atoms with van der Waals surface area (Å²) in [5.74, 6) is 0.680. The van der Waals surface area contributed by atoms with Gasteiger partial charge in [-0.3, -0.25) is 4.79 Å². The Bertz CT molecular complexity index is 935. The van der Waals surface area contributed by atoms with Gasteiger partial charge in [0.1, 0.15) is 5.82 Å². The van der Waals surface area contributed by atoms with E-state index in [1.165, 1.54) is 29.8 Å². The van der Waals surface area contributed by atoms with Gasteiger partial charge in [-0.25, -0.2) is 4.39 Å². The number of nitrogens with zero attached hydrogens (tertiary/aromatic N) is 3. The Kier molecular flexibility index (Phi) is 4.71. The van der Waals surface area contributed by atoms with Crippen molar-refractivity contribution in [1.29, 1.82) is 0 Å².